The first-order chi connectivity index (χ1) is 8.60. The van der Waals surface area contributed by atoms with Crippen LogP contribution >= 0.6 is 11.6 Å². The molecule has 1 unspecified atom stereocenters. The van der Waals surface area contributed by atoms with Crippen molar-refractivity contribution >= 4 is 17.3 Å². The van der Waals surface area contributed by atoms with Gasteiger partial charge in [-0.15, -0.1) is 6.58 Å². The summed E-state index contributed by atoms with van der Waals surface area (Å²) in [5.74, 6) is 0. The second-order valence-corrected chi connectivity index (χ2v) is 4.52. The first-order valence-corrected chi connectivity index (χ1v) is 6.30. The lowest BCUT2D eigenvalue weighted by atomic mass is 10.1. The number of hydrogen-bond donors (Lipinski definition) is 1. The summed E-state index contributed by atoms with van der Waals surface area (Å²) >= 11 is 6.16. The van der Waals surface area contributed by atoms with Crippen LogP contribution in [0.2, 0.25) is 5.02 Å². The maximum absolute atomic E-state index is 9.54. The first kappa shape index (κ1) is 15.0. The fraction of sp³-hybridized carbons (Fsp3) is 0.429. The van der Waals surface area contributed by atoms with E-state index in [2.05, 4.69) is 11.5 Å². The molecule has 1 aromatic carbocycles. The Bertz CT molecular complexity index is 393. The van der Waals surface area contributed by atoms with Gasteiger partial charge in [0.2, 0.25) is 0 Å². The number of hydrogen-bond acceptors (Lipinski definition) is 3. The predicted molar refractivity (Wildman–Crippen MR) is 76.4 cm³/mol. The second-order valence-electron chi connectivity index (χ2n) is 4.11. The standard InChI is InChI=1S/C14H20ClNO2/c1-4-7-16(8-9-18-3)12-5-6-13(11(2)17)14(15)10-12/h4-6,10-11,17H,1,7-9H2,2-3H3. The molecule has 4 heteroatoms. The zero-order valence-corrected chi connectivity index (χ0v) is 11.7. The van der Waals surface area contributed by atoms with E-state index in [0.29, 0.717) is 11.6 Å². The molecule has 1 rings (SSSR count). The second kappa shape index (κ2) is 7.41. The number of rotatable bonds is 7. The quantitative estimate of drug-likeness (QED) is 0.773. The van der Waals surface area contributed by atoms with Crippen LogP contribution in [0.1, 0.15) is 18.6 Å². The summed E-state index contributed by atoms with van der Waals surface area (Å²) in [5, 5.41) is 10.1. The minimum atomic E-state index is -0.557. The fourth-order valence-electron chi connectivity index (χ4n) is 1.73. The lowest BCUT2D eigenvalue weighted by Gasteiger charge is -2.24. The highest BCUT2D eigenvalue weighted by molar-refractivity contribution is 6.31. The number of aliphatic hydroxyl groups is 1. The van der Waals surface area contributed by atoms with Crippen LogP contribution in [0.25, 0.3) is 0 Å². The molecule has 0 radical (unpaired) electrons. The molecule has 0 fully saturated rings. The molecular formula is C14H20ClNO2. The molecular weight excluding hydrogens is 250 g/mol. The summed E-state index contributed by atoms with van der Waals surface area (Å²) in [6.45, 7) is 7.59. The molecule has 0 heterocycles. The van der Waals surface area contributed by atoms with Crippen molar-refractivity contribution in [3.05, 3.63) is 41.4 Å². The Labute approximate surface area is 114 Å². The van der Waals surface area contributed by atoms with E-state index < -0.39 is 6.10 Å². The summed E-state index contributed by atoms with van der Waals surface area (Å²) in [6.07, 6.45) is 1.28. The Morgan fingerprint density at radius 1 is 1.56 bits per heavy atom. The minimum absolute atomic E-state index is 0.557. The van der Waals surface area contributed by atoms with Crippen molar-refractivity contribution in [2.45, 2.75) is 13.0 Å². The van der Waals surface area contributed by atoms with Crippen LogP contribution in [0.3, 0.4) is 0 Å². The highest BCUT2D eigenvalue weighted by Gasteiger charge is 2.10. The number of benzene rings is 1. The Morgan fingerprint density at radius 3 is 2.78 bits per heavy atom. The molecule has 3 nitrogen and oxygen atoms in total. The monoisotopic (exact) mass is 269 g/mol. The Morgan fingerprint density at radius 2 is 2.28 bits per heavy atom. The largest absolute Gasteiger partial charge is 0.389 e. The van der Waals surface area contributed by atoms with Crippen molar-refractivity contribution in [1.82, 2.24) is 0 Å². The molecule has 1 atom stereocenters. The Kier molecular flexibility index (Phi) is 6.19. The van der Waals surface area contributed by atoms with E-state index in [9.17, 15) is 5.11 Å². The molecule has 0 aliphatic carbocycles. The Balaban J connectivity index is 2.91. The molecule has 0 saturated carbocycles. The van der Waals surface area contributed by atoms with Crippen LogP contribution in [-0.4, -0.2) is 31.9 Å². The number of nitrogens with zero attached hydrogens (tertiary/aromatic N) is 1. The van der Waals surface area contributed by atoms with Gasteiger partial charge in [0.25, 0.3) is 0 Å². The number of aliphatic hydroxyl groups excluding tert-OH is 1. The molecule has 0 aromatic heterocycles. The van der Waals surface area contributed by atoms with E-state index in [0.717, 1.165) is 24.3 Å². The average molecular weight is 270 g/mol. The molecule has 0 aliphatic heterocycles. The van der Waals surface area contributed by atoms with Gasteiger partial charge in [0.05, 0.1) is 12.7 Å². The molecule has 18 heavy (non-hydrogen) atoms. The minimum Gasteiger partial charge on any atom is -0.389 e. The van der Waals surface area contributed by atoms with Crippen LogP contribution in [0.5, 0.6) is 0 Å². The molecule has 0 saturated heterocycles. The van der Waals surface area contributed by atoms with E-state index in [1.165, 1.54) is 0 Å². The molecule has 100 valence electrons. The van der Waals surface area contributed by atoms with Gasteiger partial charge in [-0.2, -0.15) is 0 Å². The summed E-state index contributed by atoms with van der Waals surface area (Å²) in [5.41, 5.74) is 1.74. The highest BCUT2D eigenvalue weighted by Crippen LogP contribution is 2.27. The van der Waals surface area contributed by atoms with E-state index >= 15 is 0 Å². The van der Waals surface area contributed by atoms with E-state index in [1.807, 2.05) is 24.3 Å². The zero-order chi connectivity index (χ0) is 13.5. The summed E-state index contributed by atoms with van der Waals surface area (Å²) in [6, 6.07) is 5.67. The average Bonchev–Trinajstić information content (AvgIpc) is 2.33. The lowest BCUT2D eigenvalue weighted by molar-refractivity contribution is 0.199. The predicted octanol–water partition coefficient (Wildman–Crippen LogP) is 3.03. The van der Waals surface area contributed by atoms with Gasteiger partial charge >= 0.3 is 0 Å². The van der Waals surface area contributed by atoms with Gasteiger partial charge in [-0.25, -0.2) is 0 Å². The molecule has 0 amide bonds. The van der Waals surface area contributed by atoms with Gasteiger partial charge in [-0.1, -0.05) is 23.7 Å². The molecule has 0 spiro atoms. The Hall–Kier alpha value is -1.03. The van der Waals surface area contributed by atoms with Crippen molar-refractivity contribution in [1.29, 1.82) is 0 Å². The van der Waals surface area contributed by atoms with Gasteiger partial charge in [-0.3, -0.25) is 0 Å². The number of anilines is 1. The third-order valence-corrected chi connectivity index (χ3v) is 3.04. The third-order valence-electron chi connectivity index (χ3n) is 2.71. The zero-order valence-electron chi connectivity index (χ0n) is 10.9. The molecule has 0 aliphatic rings. The van der Waals surface area contributed by atoms with Crippen molar-refractivity contribution in [3.8, 4) is 0 Å². The SMILES string of the molecule is C=CCN(CCOC)c1ccc(C(C)O)c(Cl)c1. The topological polar surface area (TPSA) is 32.7 Å². The molecule has 1 N–H and O–H groups in total. The molecule has 1 aromatic rings. The van der Waals surface area contributed by atoms with Crippen LogP contribution < -0.4 is 4.90 Å². The van der Waals surface area contributed by atoms with Crippen molar-refractivity contribution < 1.29 is 9.84 Å². The highest BCUT2D eigenvalue weighted by atomic mass is 35.5. The normalized spacial score (nSPS) is 12.2. The summed E-state index contributed by atoms with van der Waals surface area (Å²) < 4.78 is 5.08. The van der Waals surface area contributed by atoms with Gasteiger partial charge in [0.1, 0.15) is 0 Å². The lowest BCUT2D eigenvalue weighted by Crippen LogP contribution is -2.27. The van der Waals surface area contributed by atoms with Crippen molar-refractivity contribution in [3.63, 3.8) is 0 Å². The maximum atomic E-state index is 9.54. The van der Waals surface area contributed by atoms with Crippen LogP contribution in [0, 0.1) is 0 Å². The van der Waals surface area contributed by atoms with Crippen LogP contribution in [0.15, 0.2) is 30.9 Å². The van der Waals surface area contributed by atoms with Gasteiger partial charge < -0.3 is 14.7 Å². The number of methoxy groups -OCH3 is 1. The first-order valence-electron chi connectivity index (χ1n) is 5.92. The molecule has 0 bridgehead atoms. The van der Waals surface area contributed by atoms with E-state index in [1.54, 1.807) is 14.0 Å². The van der Waals surface area contributed by atoms with Crippen LogP contribution in [0.4, 0.5) is 5.69 Å². The maximum Gasteiger partial charge on any atom is 0.0776 e. The fourth-order valence-corrected chi connectivity index (χ4v) is 2.07. The van der Waals surface area contributed by atoms with Crippen molar-refractivity contribution in [2.75, 3.05) is 31.7 Å². The van der Waals surface area contributed by atoms with Crippen LogP contribution in [-0.2, 0) is 4.74 Å². The number of halogens is 1. The smallest absolute Gasteiger partial charge is 0.0776 e. The summed E-state index contributed by atoms with van der Waals surface area (Å²) in [4.78, 5) is 2.12. The van der Waals surface area contributed by atoms with Gasteiger partial charge in [0.15, 0.2) is 0 Å². The van der Waals surface area contributed by atoms with Gasteiger partial charge in [-0.05, 0) is 24.6 Å². The van der Waals surface area contributed by atoms with Crippen molar-refractivity contribution in [2.24, 2.45) is 0 Å². The van der Waals surface area contributed by atoms with E-state index in [4.69, 9.17) is 16.3 Å². The summed E-state index contributed by atoms with van der Waals surface area (Å²) in [7, 11) is 1.68. The van der Waals surface area contributed by atoms with Gasteiger partial charge in [0, 0.05) is 30.9 Å². The third kappa shape index (κ3) is 4.02. The number of ether oxygens (including phenoxy) is 1. The van der Waals surface area contributed by atoms with E-state index in [-0.39, 0.29) is 0 Å².